The third-order valence-electron chi connectivity index (χ3n) is 3.32. The SMILES string of the molecule is Fc1cccc(OC(F)(F)F)c1CNc1cn[nH]c1-c1ccccn1. The lowest BCUT2D eigenvalue weighted by atomic mass is 10.1. The Hall–Kier alpha value is -3.10. The molecule has 0 atom stereocenters. The molecule has 9 heteroatoms. The molecule has 0 radical (unpaired) electrons. The van der Waals surface area contributed by atoms with Gasteiger partial charge in [-0.2, -0.15) is 5.10 Å². The average molecular weight is 352 g/mol. The van der Waals surface area contributed by atoms with Crippen molar-refractivity contribution in [2.45, 2.75) is 12.9 Å². The van der Waals surface area contributed by atoms with E-state index in [0.29, 0.717) is 17.1 Å². The number of H-pyrrole nitrogens is 1. The van der Waals surface area contributed by atoms with Crippen LogP contribution in [0.3, 0.4) is 0 Å². The van der Waals surface area contributed by atoms with Gasteiger partial charge in [0.1, 0.15) is 17.3 Å². The second-order valence-electron chi connectivity index (χ2n) is 4.99. The maximum absolute atomic E-state index is 14.0. The molecule has 0 saturated carbocycles. The van der Waals surface area contributed by atoms with E-state index in [1.165, 1.54) is 6.20 Å². The molecule has 0 amide bonds. The van der Waals surface area contributed by atoms with Crippen LogP contribution in [0.1, 0.15) is 5.56 Å². The number of alkyl halides is 3. The smallest absolute Gasteiger partial charge is 0.405 e. The fourth-order valence-electron chi connectivity index (χ4n) is 2.24. The van der Waals surface area contributed by atoms with Crippen molar-refractivity contribution in [3.8, 4) is 17.1 Å². The van der Waals surface area contributed by atoms with E-state index in [-0.39, 0.29) is 12.1 Å². The first kappa shape index (κ1) is 16.7. The molecule has 2 N–H and O–H groups in total. The topological polar surface area (TPSA) is 62.8 Å². The van der Waals surface area contributed by atoms with E-state index in [0.717, 1.165) is 18.2 Å². The summed E-state index contributed by atoms with van der Waals surface area (Å²) in [6, 6.07) is 8.53. The number of aromatic amines is 1. The first-order valence-corrected chi connectivity index (χ1v) is 7.16. The van der Waals surface area contributed by atoms with Gasteiger partial charge in [0, 0.05) is 18.3 Å². The van der Waals surface area contributed by atoms with Crippen LogP contribution in [0.15, 0.2) is 48.8 Å². The molecule has 1 aromatic carbocycles. The standard InChI is InChI=1S/C16H12F4N4O/c17-11-4-3-6-14(25-16(18,19)20)10(11)8-22-13-9-23-24-15(13)12-5-1-2-7-21-12/h1-7,9,22H,8H2,(H,23,24). The Kier molecular flexibility index (Phi) is 4.55. The minimum absolute atomic E-state index is 0.225. The third kappa shape index (κ3) is 4.06. The Balaban J connectivity index is 1.83. The molecule has 0 fully saturated rings. The predicted molar refractivity (Wildman–Crippen MR) is 82.2 cm³/mol. The molecule has 3 aromatic rings. The van der Waals surface area contributed by atoms with Gasteiger partial charge >= 0.3 is 6.36 Å². The number of aromatic nitrogens is 3. The Morgan fingerprint density at radius 2 is 1.96 bits per heavy atom. The highest BCUT2D eigenvalue weighted by Crippen LogP contribution is 2.30. The van der Waals surface area contributed by atoms with Gasteiger partial charge in [0.05, 0.1) is 17.6 Å². The van der Waals surface area contributed by atoms with Crippen molar-refractivity contribution in [3.63, 3.8) is 0 Å². The van der Waals surface area contributed by atoms with Gasteiger partial charge in [-0.3, -0.25) is 10.1 Å². The molecule has 0 aliphatic heterocycles. The van der Waals surface area contributed by atoms with Crippen LogP contribution in [0, 0.1) is 5.82 Å². The highest BCUT2D eigenvalue weighted by Gasteiger charge is 2.32. The number of pyridine rings is 1. The van der Waals surface area contributed by atoms with E-state index in [2.05, 4.69) is 25.2 Å². The lowest BCUT2D eigenvalue weighted by Crippen LogP contribution is -2.19. The van der Waals surface area contributed by atoms with Crippen molar-refractivity contribution >= 4 is 5.69 Å². The molecule has 0 spiro atoms. The zero-order valence-corrected chi connectivity index (χ0v) is 12.6. The monoisotopic (exact) mass is 352 g/mol. The number of hydrogen-bond acceptors (Lipinski definition) is 4. The summed E-state index contributed by atoms with van der Waals surface area (Å²) in [4.78, 5) is 4.16. The first-order valence-electron chi connectivity index (χ1n) is 7.16. The summed E-state index contributed by atoms with van der Waals surface area (Å²) < 4.78 is 55.2. The molecular formula is C16H12F4N4O. The number of rotatable bonds is 5. The van der Waals surface area contributed by atoms with Crippen molar-refractivity contribution in [3.05, 3.63) is 60.2 Å². The molecule has 2 aromatic heterocycles. The molecular weight excluding hydrogens is 340 g/mol. The average Bonchev–Trinajstić information content (AvgIpc) is 3.02. The fourth-order valence-corrected chi connectivity index (χ4v) is 2.24. The molecule has 0 bridgehead atoms. The van der Waals surface area contributed by atoms with E-state index in [1.807, 2.05) is 0 Å². The molecule has 5 nitrogen and oxygen atoms in total. The zero-order valence-electron chi connectivity index (χ0n) is 12.6. The Bertz CT molecular complexity index is 849. The van der Waals surface area contributed by atoms with Crippen molar-refractivity contribution in [1.29, 1.82) is 0 Å². The Labute approximate surface area is 139 Å². The van der Waals surface area contributed by atoms with Crippen LogP contribution in [0.4, 0.5) is 23.2 Å². The summed E-state index contributed by atoms with van der Waals surface area (Å²) >= 11 is 0. The summed E-state index contributed by atoms with van der Waals surface area (Å²) in [5.41, 5.74) is 1.35. The lowest BCUT2D eigenvalue weighted by molar-refractivity contribution is -0.274. The van der Waals surface area contributed by atoms with Crippen LogP contribution >= 0.6 is 0 Å². The molecule has 0 aliphatic rings. The van der Waals surface area contributed by atoms with E-state index < -0.39 is 17.9 Å². The van der Waals surface area contributed by atoms with Gasteiger partial charge in [0.25, 0.3) is 0 Å². The fraction of sp³-hybridized carbons (Fsp3) is 0.125. The number of anilines is 1. The highest BCUT2D eigenvalue weighted by atomic mass is 19.4. The maximum atomic E-state index is 14.0. The molecule has 0 unspecified atom stereocenters. The first-order chi connectivity index (χ1) is 11.9. The predicted octanol–water partition coefficient (Wildman–Crippen LogP) is 4.12. The molecule has 0 saturated heterocycles. The van der Waals surface area contributed by atoms with Gasteiger partial charge in [-0.1, -0.05) is 12.1 Å². The third-order valence-corrected chi connectivity index (χ3v) is 3.32. The van der Waals surface area contributed by atoms with Crippen LogP contribution in [-0.2, 0) is 6.54 Å². The van der Waals surface area contributed by atoms with Gasteiger partial charge < -0.3 is 10.1 Å². The summed E-state index contributed by atoms with van der Waals surface area (Å²) in [5.74, 6) is -1.40. The largest absolute Gasteiger partial charge is 0.573 e. The van der Waals surface area contributed by atoms with E-state index in [9.17, 15) is 17.6 Å². The number of hydrogen-bond donors (Lipinski definition) is 2. The van der Waals surface area contributed by atoms with Crippen molar-refractivity contribution in [2.24, 2.45) is 0 Å². The summed E-state index contributed by atoms with van der Waals surface area (Å²) in [6.07, 6.45) is -1.88. The van der Waals surface area contributed by atoms with Gasteiger partial charge in [0.15, 0.2) is 0 Å². The van der Waals surface area contributed by atoms with Crippen LogP contribution < -0.4 is 10.1 Å². The second kappa shape index (κ2) is 6.80. The molecule has 3 rings (SSSR count). The minimum atomic E-state index is -4.91. The number of benzene rings is 1. The summed E-state index contributed by atoms with van der Waals surface area (Å²) in [7, 11) is 0. The Morgan fingerprint density at radius 1 is 1.12 bits per heavy atom. The van der Waals surface area contributed by atoms with Gasteiger partial charge in [0.2, 0.25) is 0 Å². The lowest BCUT2D eigenvalue weighted by Gasteiger charge is -2.14. The van der Waals surface area contributed by atoms with Crippen LogP contribution in [0.5, 0.6) is 5.75 Å². The van der Waals surface area contributed by atoms with Crippen molar-refractivity contribution < 1.29 is 22.3 Å². The summed E-state index contributed by atoms with van der Waals surface area (Å²) in [5, 5.41) is 9.48. The van der Waals surface area contributed by atoms with Gasteiger partial charge in [-0.15, -0.1) is 13.2 Å². The van der Waals surface area contributed by atoms with Crippen LogP contribution in [0.25, 0.3) is 11.4 Å². The number of halogens is 4. The minimum Gasteiger partial charge on any atom is -0.405 e. The number of nitrogens with one attached hydrogen (secondary N) is 2. The quantitative estimate of drug-likeness (QED) is 0.678. The molecule has 130 valence electrons. The van der Waals surface area contributed by atoms with Crippen LogP contribution in [-0.4, -0.2) is 21.5 Å². The number of nitrogens with zero attached hydrogens (tertiary/aromatic N) is 2. The van der Waals surface area contributed by atoms with E-state index in [1.54, 1.807) is 24.4 Å². The molecule has 25 heavy (non-hydrogen) atoms. The van der Waals surface area contributed by atoms with Crippen molar-refractivity contribution in [1.82, 2.24) is 15.2 Å². The second-order valence-corrected chi connectivity index (χ2v) is 4.99. The molecule has 2 heterocycles. The van der Waals surface area contributed by atoms with E-state index >= 15 is 0 Å². The van der Waals surface area contributed by atoms with Crippen LogP contribution in [0.2, 0.25) is 0 Å². The van der Waals surface area contributed by atoms with Gasteiger partial charge in [-0.25, -0.2) is 4.39 Å². The highest BCUT2D eigenvalue weighted by molar-refractivity contribution is 5.70. The van der Waals surface area contributed by atoms with Crippen molar-refractivity contribution in [2.75, 3.05) is 5.32 Å². The van der Waals surface area contributed by atoms with Gasteiger partial charge in [-0.05, 0) is 24.3 Å². The van der Waals surface area contributed by atoms with E-state index in [4.69, 9.17) is 0 Å². The zero-order chi connectivity index (χ0) is 17.9. The molecule has 0 aliphatic carbocycles. The maximum Gasteiger partial charge on any atom is 0.573 e. The Morgan fingerprint density at radius 3 is 2.68 bits per heavy atom. The number of ether oxygens (including phenoxy) is 1. The summed E-state index contributed by atoms with van der Waals surface area (Å²) in [6.45, 7) is -0.225. The normalized spacial score (nSPS) is 11.4.